The Morgan fingerprint density at radius 1 is 1.33 bits per heavy atom. The highest BCUT2D eigenvalue weighted by molar-refractivity contribution is 5.77. The fourth-order valence-corrected chi connectivity index (χ4v) is 2.91. The monoisotopic (exact) mass is 385 g/mol. The van der Waals surface area contributed by atoms with Crippen LogP contribution in [0, 0.1) is 0 Å². The zero-order valence-electron chi connectivity index (χ0n) is 14.6. The second-order valence-electron chi connectivity index (χ2n) is 6.29. The third kappa shape index (κ3) is 4.73. The van der Waals surface area contributed by atoms with Gasteiger partial charge in [0.2, 0.25) is 5.91 Å². The summed E-state index contributed by atoms with van der Waals surface area (Å²) in [5.41, 5.74) is 0. The molecule has 0 spiro atoms. The number of carbonyl (C=O) groups is 2. The predicted octanol–water partition coefficient (Wildman–Crippen LogP) is -1.79. The number of aliphatic carboxylic acids is 1. The Balaban J connectivity index is 2.39. The van der Waals surface area contributed by atoms with Gasteiger partial charge in [0.1, 0.15) is 24.1 Å². The highest BCUT2D eigenvalue weighted by atomic mass is 16.7. The van der Waals surface area contributed by atoms with E-state index in [-0.39, 0.29) is 5.75 Å². The SMILES string of the molecule is CC(=O)N[C@H]1[C@@H]([C@@H](O)[C@H](O)CO)O[C@@](Oc2ccccc2)(C(=O)O)C[C@H]1O. The summed E-state index contributed by atoms with van der Waals surface area (Å²) in [7, 11) is 0. The van der Waals surface area contributed by atoms with Crippen LogP contribution in [0.15, 0.2) is 30.3 Å². The van der Waals surface area contributed by atoms with E-state index in [0.717, 1.165) is 6.92 Å². The molecule has 10 heteroatoms. The van der Waals surface area contributed by atoms with Crippen LogP contribution in [0.2, 0.25) is 0 Å². The van der Waals surface area contributed by atoms with Crippen LogP contribution >= 0.6 is 0 Å². The summed E-state index contributed by atoms with van der Waals surface area (Å²) in [5.74, 6) is -4.37. The Morgan fingerprint density at radius 2 is 1.96 bits per heavy atom. The van der Waals surface area contributed by atoms with Gasteiger partial charge in [0.05, 0.1) is 25.2 Å². The summed E-state index contributed by atoms with van der Waals surface area (Å²) in [4.78, 5) is 23.4. The molecule has 1 amide bonds. The number of para-hydroxylation sites is 1. The number of amides is 1. The van der Waals surface area contributed by atoms with Crippen molar-refractivity contribution in [3.8, 4) is 5.75 Å². The van der Waals surface area contributed by atoms with E-state index in [0.29, 0.717) is 0 Å². The maximum Gasteiger partial charge on any atom is 0.377 e. The van der Waals surface area contributed by atoms with Crippen LogP contribution in [-0.4, -0.2) is 80.3 Å². The van der Waals surface area contributed by atoms with Gasteiger partial charge in [0, 0.05) is 6.92 Å². The molecule has 0 saturated carbocycles. The number of nitrogens with one attached hydrogen (secondary N) is 1. The van der Waals surface area contributed by atoms with Gasteiger partial charge in [-0.1, -0.05) is 18.2 Å². The quantitative estimate of drug-likeness (QED) is 0.318. The smallest absolute Gasteiger partial charge is 0.377 e. The Hall–Kier alpha value is -2.24. The molecule has 0 aliphatic carbocycles. The molecule has 0 aromatic heterocycles. The van der Waals surface area contributed by atoms with Crippen molar-refractivity contribution in [1.82, 2.24) is 5.32 Å². The van der Waals surface area contributed by atoms with Gasteiger partial charge in [-0.2, -0.15) is 0 Å². The standard InChI is InChI=1S/C17H23NO9/c1-9(20)18-13-11(21)7-17(16(24)25,26-10-5-3-2-4-6-10)27-15(13)14(23)12(22)8-19/h2-6,11-15,19,21-23H,7-8H2,1H3,(H,18,20)(H,24,25)/t11-,12-,13-,14+,15+,17-/m1/s1. The van der Waals surface area contributed by atoms with Gasteiger partial charge in [0.15, 0.2) is 0 Å². The number of hydrogen-bond donors (Lipinski definition) is 6. The molecular formula is C17H23NO9. The van der Waals surface area contributed by atoms with Crippen molar-refractivity contribution < 1.29 is 44.6 Å². The summed E-state index contributed by atoms with van der Waals surface area (Å²) in [6.45, 7) is 0.321. The van der Waals surface area contributed by atoms with Crippen molar-refractivity contribution in [2.24, 2.45) is 0 Å². The average molecular weight is 385 g/mol. The van der Waals surface area contributed by atoms with E-state index < -0.39 is 61.1 Å². The van der Waals surface area contributed by atoms with Crippen molar-refractivity contribution >= 4 is 11.9 Å². The minimum absolute atomic E-state index is 0.140. The van der Waals surface area contributed by atoms with Gasteiger partial charge in [-0.3, -0.25) is 4.79 Å². The highest BCUT2D eigenvalue weighted by Crippen LogP contribution is 2.34. The summed E-state index contributed by atoms with van der Waals surface area (Å²) in [6.07, 6.45) is -7.10. The number of aliphatic hydroxyl groups is 4. The molecule has 1 heterocycles. The van der Waals surface area contributed by atoms with Gasteiger partial charge >= 0.3 is 11.8 Å². The van der Waals surface area contributed by atoms with Crippen LogP contribution in [0.5, 0.6) is 5.75 Å². The van der Waals surface area contributed by atoms with Gasteiger partial charge in [0.25, 0.3) is 0 Å². The number of carbonyl (C=O) groups excluding carboxylic acids is 1. The predicted molar refractivity (Wildman–Crippen MR) is 89.6 cm³/mol. The first kappa shape index (κ1) is 21.1. The van der Waals surface area contributed by atoms with Gasteiger partial charge in [-0.05, 0) is 12.1 Å². The molecule has 27 heavy (non-hydrogen) atoms. The van der Waals surface area contributed by atoms with E-state index >= 15 is 0 Å². The molecule has 0 radical (unpaired) electrons. The molecule has 1 fully saturated rings. The minimum atomic E-state index is -2.38. The first-order valence-corrected chi connectivity index (χ1v) is 8.27. The van der Waals surface area contributed by atoms with Crippen LogP contribution in [0.1, 0.15) is 13.3 Å². The number of aliphatic hydroxyl groups excluding tert-OH is 4. The molecule has 1 saturated heterocycles. The van der Waals surface area contributed by atoms with Crippen LogP contribution in [0.3, 0.4) is 0 Å². The topological polar surface area (TPSA) is 166 Å². The molecular weight excluding hydrogens is 362 g/mol. The van der Waals surface area contributed by atoms with E-state index in [2.05, 4.69) is 5.32 Å². The summed E-state index contributed by atoms with van der Waals surface area (Å²) < 4.78 is 11.0. The fourth-order valence-electron chi connectivity index (χ4n) is 2.91. The molecule has 6 N–H and O–H groups in total. The van der Waals surface area contributed by atoms with Crippen LogP contribution in [-0.2, 0) is 14.3 Å². The lowest BCUT2D eigenvalue weighted by Crippen LogP contribution is -2.68. The van der Waals surface area contributed by atoms with E-state index in [4.69, 9.17) is 14.6 Å². The van der Waals surface area contributed by atoms with Crippen molar-refractivity contribution in [2.45, 2.75) is 49.6 Å². The Morgan fingerprint density at radius 3 is 2.48 bits per heavy atom. The average Bonchev–Trinajstić information content (AvgIpc) is 2.62. The molecule has 1 aliphatic rings. The number of benzene rings is 1. The lowest BCUT2D eigenvalue weighted by atomic mass is 9.88. The zero-order chi connectivity index (χ0) is 20.2. The van der Waals surface area contributed by atoms with Crippen LogP contribution in [0.4, 0.5) is 0 Å². The molecule has 1 aliphatic heterocycles. The number of hydrogen-bond acceptors (Lipinski definition) is 8. The molecule has 6 atom stereocenters. The number of rotatable bonds is 7. The maximum atomic E-state index is 11.9. The lowest BCUT2D eigenvalue weighted by molar-refractivity contribution is -0.284. The van der Waals surface area contributed by atoms with E-state index in [1.165, 1.54) is 12.1 Å². The van der Waals surface area contributed by atoms with E-state index in [1.807, 2.05) is 0 Å². The summed E-state index contributed by atoms with van der Waals surface area (Å²) in [5, 5.41) is 51.6. The molecule has 2 rings (SSSR count). The minimum Gasteiger partial charge on any atom is -0.476 e. The van der Waals surface area contributed by atoms with Crippen LogP contribution < -0.4 is 10.1 Å². The largest absolute Gasteiger partial charge is 0.476 e. The van der Waals surface area contributed by atoms with Crippen molar-refractivity contribution in [3.63, 3.8) is 0 Å². The molecule has 150 valence electrons. The third-order valence-electron chi connectivity index (χ3n) is 4.21. The molecule has 0 bridgehead atoms. The number of carboxylic acids is 1. The lowest BCUT2D eigenvalue weighted by Gasteiger charge is -2.46. The third-order valence-corrected chi connectivity index (χ3v) is 4.21. The maximum absolute atomic E-state index is 11.9. The first-order chi connectivity index (χ1) is 12.7. The van der Waals surface area contributed by atoms with Gasteiger partial charge in [-0.15, -0.1) is 0 Å². The van der Waals surface area contributed by atoms with Crippen molar-refractivity contribution in [3.05, 3.63) is 30.3 Å². The molecule has 10 nitrogen and oxygen atoms in total. The second kappa shape index (κ2) is 8.63. The summed E-state index contributed by atoms with van der Waals surface area (Å²) >= 11 is 0. The normalized spacial score (nSPS) is 30.2. The Labute approximate surface area is 155 Å². The number of ether oxygens (including phenoxy) is 2. The second-order valence-corrected chi connectivity index (χ2v) is 6.29. The van der Waals surface area contributed by atoms with Crippen molar-refractivity contribution in [1.29, 1.82) is 0 Å². The first-order valence-electron chi connectivity index (χ1n) is 8.27. The van der Waals surface area contributed by atoms with Gasteiger partial charge < -0.3 is 40.3 Å². The highest BCUT2D eigenvalue weighted by Gasteiger charge is 2.56. The molecule has 0 unspecified atom stereocenters. The fraction of sp³-hybridized carbons (Fsp3) is 0.529. The number of carboxylic acid groups (broad SMARTS) is 1. The Bertz CT molecular complexity index is 655. The molecule has 1 aromatic rings. The zero-order valence-corrected chi connectivity index (χ0v) is 14.6. The van der Waals surface area contributed by atoms with E-state index in [9.17, 15) is 30.0 Å². The van der Waals surface area contributed by atoms with Crippen LogP contribution in [0.25, 0.3) is 0 Å². The Kier molecular flexibility index (Phi) is 6.73. The van der Waals surface area contributed by atoms with Crippen molar-refractivity contribution in [2.75, 3.05) is 6.61 Å². The van der Waals surface area contributed by atoms with Gasteiger partial charge in [-0.25, -0.2) is 4.79 Å². The van der Waals surface area contributed by atoms with E-state index in [1.54, 1.807) is 18.2 Å². The molecule has 1 aromatic carbocycles. The summed E-state index contributed by atoms with van der Waals surface area (Å²) in [6, 6.07) is 6.62.